The van der Waals surface area contributed by atoms with Crippen LogP contribution in [0.4, 0.5) is 0 Å². The zero-order valence-corrected chi connectivity index (χ0v) is 10.8. The molecule has 0 aliphatic heterocycles. The minimum absolute atomic E-state index is 0.0631. The van der Waals surface area contributed by atoms with E-state index in [2.05, 4.69) is 63.1 Å². The fourth-order valence-electron chi connectivity index (χ4n) is 1.40. The molecular weight excluding hydrogens is 192 g/mol. The average Bonchev–Trinajstić information content (AvgIpc) is 2.26. The van der Waals surface area contributed by atoms with Crippen LogP contribution in [-0.4, -0.2) is 9.13 Å². The van der Waals surface area contributed by atoms with E-state index in [9.17, 15) is 0 Å². The van der Waals surface area contributed by atoms with Crippen LogP contribution in [0.25, 0.3) is 0 Å². The van der Waals surface area contributed by atoms with Gasteiger partial charge in [0.05, 0.1) is 0 Å². The van der Waals surface area contributed by atoms with Gasteiger partial charge in [0, 0.05) is 23.5 Å². The third kappa shape index (κ3) is 2.08. The van der Waals surface area contributed by atoms with Crippen LogP contribution in [-0.2, 0) is 11.1 Å². The van der Waals surface area contributed by atoms with E-state index in [-0.39, 0.29) is 11.1 Å². The van der Waals surface area contributed by atoms with E-state index in [0.717, 1.165) is 4.77 Å². The summed E-state index contributed by atoms with van der Waals surface area (Å²) >= 11 is 5.45. The van der Waals surface area contributed by atoms with E-state index >= 15 is 0 Å². The van der Waals surface area contributed by atoms with E-state index < -0.39 is 0 Å². The first-order valence-corrected chi connectivity index (χ1v) is 5.36. The SMILES string of the molecule is CC(C)(C)n1ccn(C(C)(C)C)c1=S. The van der Waals surface area contributed by atoms with Crippen molar-refractivity contribution in [1.82, 2.24) is 9.13 Å². The van der Waals surface area contributed by atoms with Crippen molar-refractivity contribution in [3.63, 3.8) is 0 Å². The van der Waals surface area contributed by atoms with Gasteiger partial charge in [-0.05, 0) is 53.8 Å². The molecule has 0 bridgehead atoms. The Hall–Kier alpha value is -0.570. The molecule has 1 rings (SSSR count). The molecule has 1 aromatic heterocycles. The molecule has 0 saturated heterocycles. The van der Waals surface area contributed by atoms with E-state index in [4.69, 9.17) is 12.2 Å². The third-order valence-electron chi connectivity index (χ3n) is 2.22. The highest BCUT2D eigenvalue weighted by Gasteiger charge is 2.19. The van der Waals surface area contributed by atoms with Crippen LogP contribution in [0.2, 0.25) is 0 Å². The first-order valence-electron chi connectivity index (χ1n) is 4.95. The molecule has 3 heteroatoms. The Morgan fingerprint density at radius 3 is 1.29 bits per heavy atom. The number of nitrogens with zero attached hydrogens (tertiary/aromatic N) is 2. The van der Waals surface area contributed by atoms with Gasteiger partial charge in [0.15, 0.2) is 4.77 Å². The van der Waals surface area contributed by atoms with Gasteiger partial charge in [-0.25, -0.2) is 0 Å². The summed E-state index contributed by atoms with van der Waals surface area (Å²) < 4.78 is 5.16. The average molecular weight is 212 g/mol. The minimum Gasteiger partial charge on any atom is -0.319 e. The summed E-state index contributed by atoms with van der Waals surface area (Å²) in [5.74, 6) is 0. The van der Waals surface area contributed by atoms with Crippen molar-refractivity contribution in [2.75, 3.05) is 0 Å². The van der Waals surface area contributed by atoms with Gasteiger partial charge in [0.2, 0.25) is 0 Å². The quantitative estimate of drug-likeness (QED) is 0.598. The number of aromatic nitrogens is 2. The predicted molar refractivity (Wildman–Crippen MR) is 63.2 cm³/mol. The van der Waals surface area contributed by atoms with Crippen LogP contribution in [0.5, 0.6) is 0 Å². The maximum Gasteiger partial charge on any atom is 0.180 e. The Kier molecular flexibility index (Phi) is 2.65. The summed E-state index contributed by atoms with van der Waals surface area (Å²) in [6.45, 7) is 13.0. The fourth-order valence-corrected chi connectivity index (χ4v) is 2.07. The first kappa shape index (κ1) is 11.5. The summed E-state index contributed by atoms with van der Waals surface area (Å²) in [6, 6.07) is 0. The topological polar surface area (TPSA) is 9.86 Å². The molecule has 0 aliphatic carbocycles. The van der Waals surface area contributed by atoms with E-state index in [1.54, 1.807) is 0 Å². The van der Waals surface area contributed by atoms with Crippen molar-refractivity contribution < 1.29 is 0 Å². The number of hydrogen-bond acceptors (Lipinski definition) is 1. The van der Waals surface area contributed by atoms with Crippen molar-refractivity contribution in [2.24, 2.45) is 0 Å². The summed E-state index contributed by atoms with van der Waals surface area (Å²) in [4.78, 5) is 0. The van der Waals surface area contributed by atoms with Gasteiger partial charge in [0.25, 0.3) is 0 Å². The van der Waals surface area contributed by atoms with Gasteiger partial charge < -0.3 is 9.13 Å². The van der Waals surface area contributed by atoms with Crippen LogP contribution in [0.15, 0.2) is 12.4 Å². The van der Waals surface area contributed by atoms with Crippen LogP contribution < -0.4 is 0 Å². The van der Waals surface area contributed by atoms with Crippen LogP contribution in [0, 0.1) is 4.77 Å². The molecule has 0 N–H and O–H groups in total. The fraction of sp³-hybridized carbons (Fsp3) is 0.727. The monoisotopic (exact) mass is 212 g/mol. The zero-order chi connectivity index (χ0) is 11.1. The number of hydrogen-bond donors (Lipinski definition) is 0. The second-order valence-corrected chi connectivity index (χ2v) is 6.03. The van der Waals surface area contributed by atoms with E-state index in [1.165, 1.54) is 0 Å². The summed E-state index contributed by atoms with van der Waals surface area (Å²) in [6.07, 6.45) is 4.13. The molecule has 1 aromatic rings. The molecule has 80 valence electrons. The lowest BCUT2D eigenvalue weighted by Crippen LogP contribution is -2.25. The maximum atomic E-state index is 5.45. The Morgan fingerprint density at radius 2 is 1.14 bits per heavy atom. The molecule has 0 saturated carbocycles. The zero-order valence-electron chi connectivity index (χ0n) is 9.96. The Bertz CT molecular complexity index is 337. The van der Waals surface area contributed by atoms with Crippen LogP contribution in [0.1, 0.15) is 41.5 Å². The van der Waals surface area contributed by atoms with Gasteiger partial charge in [-0.1, -0.05) is 0 Å². The molecular formula is C11H20N2S. The van der Waals surface area contributed by atoms with Crippen molar-refractivity contribution in [3.8, 4) is 0 Å². The molecule has 0 fully saturated rings. The van der Waals surface area contributed by atoms with Crippen molar-refractivity contribution in [2.45, 2.75) is 52.6 Å². The molecule has 0 radical (unpaired) electrons. The van der Waals surface area contributed by atoms with Crippen molar-refractivity contribution in [3.05, 3.63) is 17.2 Å². The van der Waals surface area contributed by atoms with Gasteiger partial charge in [0.1, 0.15) is 0 Å². The highest BCUT2D eigenvalue weighted by atomic mass is 32.1. The predicted octanol–water partition coefficient (Wildman–Crippen LogP) is 3.53. The minimum atomic E-state index is 0.0631. The molecule has 1 heterocycles. The summed E-state index contributed by atoms with van der Waals surface area (Å²) in [5, 5.41) is 0. The molecule has 0 aromatic carbocycles. The highest BCUT2D eigenvalue weighted by molar-refractivity contribution is 7.71. The number of imidazole rings is 1. The standard InChI is InChI=1S/C11H20N2S/c1-10(2,3)12-7-8-13(9(12)14)11(4,5)6/h7-8H,1-6H3. The van der Waals surface area contributed by atoms with Gasteiger partial charge in [-0.15, -0.1) is 0 Å². The van der Waals surface area contributed by atoms with Gasteiger partial charge in [-0.3, -0.25) is 0 Å². The molecule has 0 amide bonds. The summed E-state index contributed by atoms with van der Waals surface area (Å²) in [5.41, 5.74) is 0.126. The second kappa shape index (κ2) is 3.23. The molecule has 0 spiro atoms. The normalized spacial score (nSPS) is 13.3. The smallest absolute Gasteiger partial charge is 0.180 e. The number of rotatable bonds is 0. The van der Waals surface area contributed by atoms with Crippen LogP contribution >= 0.6 is 12.2 Å². The van der Waals surface area contributed by atoms with E-state index in [0.29, 0.717) is 0 Å². The molecule has 0 aliphatic rings. The Balaban J connectivity index is 3.31. The van der Waals surface area contributed by atoms with Crippen molar-refractivity contribution >= 4 is 12.2 Å². The lowest BCUT2D eigenvalue weighted by molar-refractivity contribution is 0.353. The lowest BCUT2D eigenvalue weighted by Gasteiger charge is -2.24. The maximum absolute atomic E-state index is 5.45. The first-order chi connectivity index (χ1) is 6.14. The largest absolute Gasteiger partial charge is 0.319 e. The van der Waals surface area contributed by atoms with E-state index in [1.807, 2.05) is 0 Å². The highest BCUT2D eigenvalue weighted by Crippen LogP contribution is 2.20. The Labute approximate surface area is 91.6 Å². The molecule has 0 atom stereocenters. The molecule has 14 heavy (non-hydrogen) atoms. The van der Waals surface area contributed by atoms with Gasteiger partial charge in [-0.2, -0.15) is 0 Å². The van der Waals surface area contributed by atoms with Gasteiger partial charge >= 0.3 is 0 Å². The molecule has 0 unspecified atom stereocenters. The Morgan fingerprint density at radius 1 is 0.857 bits per heavy atom. The van der Waals surface area contributed by atoms with Crippen molar-refractivity contribution in [1.29, 1.82) is 0 Å². The third-order valence-corrected chi connectivity index (χ3v) is 2.62. The lowest BCUT2D eigenvalue weighted by atomic mass is 10.1. The molecule has 2 nitrogen and oxygen atoms in total. The van der Waals surface area contributed by atoms with Crippen LogP contribution in [0.3, 0.4) is 0 Å². The summed E-state index contributed by atoms with van der Waals surface area (Å²) in [7, 11) is 0. The second-order valence-electron chi connectivity index (χ2n) is 5.66.